The summed E-state index contributed by atoms with van der Waals surface area (Å²) in [5.41, 5.74) is 0. The molecule has 18 heteroatoms. The van der Waals surface area contributed by atoms with Crippen molar-refractivity contribution >= 4 is 32.1 Å². The van der Waals surface area contributed by atoms with Crippen LogP contribution in [0.5, 0.6) is 0 Å². The quantitative estimate of drug-likeness (QED) is 0.227. The lowest BCUT2D eigenvalue weighted by Gasteiger charge is -2.48. The van der Waals surface area contributed by atoms with E-state index in [-0.39, 0.29) is 0 Å². The van der Waals surface area contributed by atoms with Gasteiger partial charge in [-0.15, -0.1) is 0 Å². The standard InChI is InChI=1S/C6H8O14P4/c7-1-2(8)4(10,22(15)16)6(12,24(19)20)5(11,23(17)18)3(1,9)21(13)14/h1-2,7-12H/t1-,2-,3-,4+,5+,6-/m0/s1. The Balaban J connectivity index is 4.14. The average molecular weight is 428 g/mol. The summed E-state index contributed by atoms with van der Waals surface area (Å²) in [4.78, 5) is 45.0. The molecule has 0 spiro atoms. The Morgan fingerprint density at radius 2 is 0.792 bits per heavy atom. The van der Waals surface area contributed by atoms with E-state index < -0.39 is 65.7 Å². The van der Waals surface area contributed by atoms with Crippen LogP contribution in [0.4, 0.5) is 0 Å². The molecule has 136 valence electrons. The number of rotatable bonds is 4. The monoisotopic (exact) mass is 428 g/mol. The summed E-state index contributed by atoms with van der Waals surface area (Å²) in [5, 5.41) is 40.3. The summed E-state index contributed by atoms with van der Waals surface area (Å²) < 4.78 is 45.0. The van der Waals surface area contributed by atoms with Gasteiger partial charge in [-0.3, -0.25) is 0 Å². The zero-order valence-electron chi connectivity index (χ0n) is 10.9. The van der Waals surface area contributed by atoms with Gasteiger partial charge in [-0.25, -0.2) is 0 Å². The van der Waals surface area contributed by atoms with Crippen LogP contribution in [0, 0.1) is 0 Å². The third-order valence-electron chi connectivity index (χ3n) is 3.72. The molecule has 0 aliphatic heterocycles. The molecule has 0 amide bonds. The van der Waals surface area contributed by atoms with Gasteiger partial charge in [-0.05, 0) is 0 Å². The Labute approximate surface area is 135 Å². The zero-order chi connectivity index (χ0) is 19.5. The molecule has 14 nitrogen and oxygen atoms in total. The number of hydrogen-bond acceptors (Lipinski definition) is 14. The second kappa shape index (κ2) is 6.31. The van der Waals surface area contributed by atoms with Gasteiger partial charge in [0.1, 0.15) is 0 Å². The van der Waals surface area contributed by atoms with Gasteiger partial charge < -0.3 is 50.2 Å². The van der Waals surface area contributed by atoms with Crippen LogP contribution < -0.4 is 19.6 Å². The van der Waals surface area contributed by atoms with Crippen LogP contribution in [0.3, 0.4) is 0 Å². The summed E-state index contributed by atoms with van der Waals surface area (Å²) in [5.74, 6) is 0. The molecule has 0 radical (unpaired) electrons. The largest absolute Gasteiger partial charge is 0.593 e. The topological polar surface area (TPSA) is 282 Å². The van der Waals surface area contributed by atoms with Crippen molar-refractivity contribution in [2.24, 2.45) is 0 Å². The molecule has 1 fully saturated rings. The number of aliphatic hydroxyl groups is 6. The smallest absolute Gasteiger partial charge is 0.419 e. The van der Waals surface area contributed by atoms with Gasteiger partial charge >= 0.3 is 53.5 Å². The minimum atomic E-state index is -4.98. The average Bonchev–Trinajstić information content (AvgIpc) is 2.47. The highest BCUT2D eigenvalue weighted by Gasteiger charge is 3.01. The van der Waals surface area contributed by atoms with Crippen molar-refractivity contribution in [1.82, 2.24) is 0 Å². The zero-order valence-corrected chi connectivity index (χ0v) is 14.5. The molecule has 1 aliphatic rings. The highest BCUT2D eigenvalue weighted by Crippen LogP contribution is 2.70. The lowest BCUT2D eigenvalue weighted by atomic mass is 9.82. The molecule has 10 atom stereocenters. The van der Waals surface area contributed by atoms with Gasteiger partial charge in [0.05, 0.1) is 0 Å². The van der Waals surface area contributed by atoms with Crippen molar-refractivity contribution in [1.29, 1.82) is 0 Å². The fraction of sp³-hybridized carbons (Fsp3) is 1.00. The highest BCUT2D eigenvalue weighted by molar-refractivity contribution is 7.48. The normalized spacial score (nSPS) is 48.6. The first kappa shape index (κ1) is 22.0. The Morgan fingerprint density at radius 3 is 0.917 bits per heavy atom. The molecule has 1 saturated carbocycles. The van der Waals surface area contributed by atoms with E-state index in [4.69, 9.17) is 0 Å². The van der Waals surface area contributed by atoms with Crippen molar-refractivity contribution in [3.8, 4) is 0 Å². The summed E-state index contributed by atoms with van der Waals surface area (Å²) in [6.07, 6.45) is -6.91. The molecule has 0 heterocycles. The van der Waals surface area contributed by atoms with Crippen LogP contribution in [0.2, 0.25) is 0 Å². The fourth-order valence-electron chi connectivity index (χ4n) is 2.36. The van der Waals surface area contributed by atoms with Crippen molar-refractivity contribution in [3.63, 3.8) is 0 Å². The van der Waals surface area contributed by atoms with Crippen LogP contribution in [0.1, 0.15) is 0 Å². The second-order valence-electron chi connectivity index (χ2n) is 4.71. The van der Waals surface area contributed by atoms with Crippen LogP contribution in [0.15, 0.2) is 0 Å². The first-order valence-corrected chi connectivity index (χ1v) is 10.1. The Kier molecular flexibility index (Phi) is 5.80. The van der Waals surface area contributed by atoms with Gasteiger partial charge in [-0.2, -0.15) is 0 Å². The second-order valence-corrected chi connectivity index (χ2v) is 9.43. The van der Waals surface area contributed by atoms with E-state index in [2.05, 4.69) is 0 Å². The van der Waals surface area contributed by atoms with E-state index in [1.165, 1.54) is 0 Å². The first-order chi connectivity index (χ1) is 10.6. The summed E-state index contributed by atoms with van der Waals surface area (Å²) in [7, 11) is -19.5. The third-order valence-corrected chi connectivity index (χ3v) is 8.93. The van der Waals surface area contributed by atoms with E-state index >= 15 is 0 Å². The molecule has 0 saturated heterocycles. The van der Waals surface area contributed by atoms with Crippen LogP contribution in [-0.2, 0) is 18.3 Å². The van der Waals surface area contributed by atoms with Gasteiger partial charge in [0.2, 0.25) is 0 Å². The maximum Gasteiger partial charge on any atom is 0.419 e. The van der Waals surface area contributed by atoms with Crippen molar-refractivity contribution < 1.29 is 68.5 Å². The van der Waals surface area contributed by atoms with E-state index in [0.29, 0.717) is 0 Å². The fourth-order valence-corrected chi connectivity index (χ4v) is 7.20. The summed E-state index contributed by atoms with van der Waals surface area (Å²) in [6.45, 7) is 0. The minimum absolute atomic E-state index is 3.45. The molecular formula is C6H8O14P4. The molecular weight excluding hydrogens is 420 g/mol. The molecule has 24 heavy (non-hydrogen) atoms. The Hall–Kier alpha value is -0.000000000000000104. The first-order valence-electron chi connectivity index (χ1n) is 5.43. The maximum absolute atomic E-state index is 11.3. The number of aliphatic hydroxyl groups excluding tert-OH is 2. The van der Waals surface area contributed by atoms with Gasteiger partial charge in [0, 0.05) is 0 Å². The third kappa shape index (κ3) is 2.16. The van der Waals surface area contributed by atoms with E-state index in [1.807, 2.05) is 0 Å². The van der Waals surface area contributed by atoms with Crippen molar-refractivity contribution in [2.45, 2.75) is 33.6 Å². The van der Waals surface area contributed by atoms with Crippen LogP contribution >= 0.6 is 32.1 Å². The molecule has 1 rings (SSSR count). The van der Waals surface area contributed by atoms with E-state index in [0.717, 1.165) is 0 Å². The van der Waals surface area contributed by atoms with Crippen LogP contribution in [-0.4, -0.2) is 64.2 Å². The highest BCUT2D eigenvalue weighted by atomic mass is 31.1. The molecule has 4 unspecified atom stereocenters. The minimum Gasteiger partial charge on any atom is -0.593 e. The van der Waals surface area contributed by atoms with Gasteiger partial charge in [0.15, 0.2) is 12.2 Å². The summed E-state index contributed by atoms with van der Waals surface area (Å²) >= 11 is 0. The lowest BCUT2D eigenvalue weighted by Crippen LogP contribution is -2.84. The molecule has 6 N–H and O–H groups in total. The SMILES string of the molecule is O=[P+]([O-])[C@@]1(O)[C@@](O)([P+](=O)[O-])[C@](O)([P+](=O)[O-])[C@@H](O)[C@H](O)[C@]1(O)[P+](=O)[O-]. The molecule has 1 aliphatic carbocycles. The molecule has 0 aromatic heterocycles. The molecule has 0 aromatic rings. The maximum atomic E-state index is 11.3. The van der Waals surface area contributed by atoms with Crippen molar-refractivity contribution in [3.05, 3.63) is 0 Å². The predicted octanol–water partition coefficient (Wildman–Crippen LogP) is -6.11. The molecule has 0 bridgehead atoms. The van der Waals surface area contributed by atoms with E-state index in [9.17, 15) is 68.5 Å². The summed E-state index contributed by atoms with van der Waals surface area (Å²) in [6, 6.07) is 0. The number of hydrogen-bond donors (Lipinski definition) is 6. The van der Waals surface area contributed by atoms with Gasteiger partial charge in [0.25, 0.3) is 0 Å². The Morgan fingerprint density at radius 1 is 0.583 bits per heavy atom. The van der Waals surface area contributed by atoms with Crippen LogP contribution in [0.25, 0.3) is 0 Å². The lowest BCUT2D eigenvalue weighted by molar-refractivity contribution is -0.328. The van der Waals surface area contributed by atoms with E-state index in [1.54, 1.807) is 0 Å². The van der Waals surface area contributed by atoms with Crippen molar-refractivity contribution in [2.75, 3.05) is 0 Å². The van der Waals surface area contributed by atoms with Gasteiger partial charge in [-0.1, -0.05) is 18.3 Å². The Bertz CT molecular complexity index is 585. The molecule has 0 aromatic carbocycles. The predicted molar refractivity (Wildman–Crippen MR) is 62.2 cm³/mol.